The van der Waals surface area contributed by atoms with Crippen molar-refractivity contribution in [2.75, 3.05) is 19.1 Å². The van der Waals surface area contributed by atoms with E-state index in [0.29, 0.717) is 22.6 Å². The third kappa shape index (κ3) is 2.59. The second-order valence-corrected chi connectivity index (χ2v) is 4.10. The molecule has 1 aromatic carbocycles. The highest BCUT2D eigenvalue weighted by molar-refractivity contribution is 6.07. The van der Waals surface area contributed by atoms with Crippen molar-refractivity contribution in [1.82, 2.24) is 4.98 Å². The Morgan fingerprint density at radius 1 is 1.30 bits per heavy atom. The van der Waals surface area contributed by atoms with E-state index in [1.807, 2.05) is 6.07 Å². The molecule has 0 radical (unpaired) electrons. The molecular weight excluding hydrogens is 254 g/mol. The number of carbonyl (C=O) groups excluding carboxylic acids is 1. The van der Waals surface area contributed by atoms with Gasteiger partial charge in [0.05, 0.1) is 30.5 Å². The van der Waals surface area contributed by atoms with E-state index in [0.717, 1.165) is 0 Å². The van der Waals surface area contributed by atoms with Crippen LogP contribution in [-0.2, 0) is 0 Å². The lowest BCUT2D eigenvalue weighted by Crippen LogP contribution is -2.26. The zero-order valence-corrected chi connectivity index (χ0v) is 11.2. The predicted octanol–water partition coefficient (Wildman–Crippen LogP) is 2.24. The van der Waals surface area contributed by atoms with Crippen LogP contribution in [0.25, 0.3) is 0 Å². The lowest BCUT2D eigenvalue weighted by Gasteiger charge is -2.18. The van der Waals surface area contributed by atoms with Gasteiger partial charge in [0.1, 0.15) is 5.75 Å². The quantitative estimate of drug-likeness (QED) is 0.855. The summed E-state index contributed by atoms with van der Waals surface area (Å²) in [6.45, 7) is 0. The lowest BCUT2D eigenvalue weighted by atomic mass is 10.2. The van der Waals surface area contributed by atoms with Crippen molar-refractivity contribution in [1.29, 1.82) is 5.26 Å². The van der Waals surface area contributed by atoms with E-state index in [1.54, 1.807) is 43.6 Å². The molecule has 0 saturated heterocycles. The number of hydrogen-bond donors (Lipinski definition) is 0. The highest BCUT2D eigenvalue weighted by atomic mass is 16.5. The highest BCUT2D eigenvalue weighted by Crippen LogP contribution is 2.21. The van der Waals surface area contributed by atoms with Gasteiger partial charge in [-0.05, 0) is 30.3 Å². The smallest absolute Gasteiger partial charge is 0.261 e. The Balaban J connectivity index is 2.30. The average molecular weight is 267 g/mol. The molecular formula is C15H13N3O2. The minimum atomic E-state index is -0.200. The Morgan fingerprint density at radius 3 is 2.60 bits per heavy atom. The topological polar surface area (TPSA) is 66.2 Å². The van der Waals surface area contributed by atoms with Gasteiger partial charge in [-0.3, -0.25) is 9.78 Å². The molecule has 1 aromatic heterocycles. The minimum absolute atomic E-state index is 0.200. The van der Waals surface area contributed by atoms with Crippen LogP contribution in [0.15, 0.2) is 42.7 Å². The van der Waals surface area contributed by atoms with Crippen LogP contribution in [0.2, 0.25) is 0 Å². The molecule has 2 aromatic rings. The van der Waals surface area contributed by atoms with Gasteiger partial charge in [0.25, 0.3) is 5.91 Å². The van der Waals surface area contributed by atoms with Crippen molar-refractivity contribution < 1.29 is 9.53 Å². The van der Waals surface area contributed by atoms with Gasteiger partial charge in [0.2, 0.25) is 0 Å². The summed E-state index contributed by atoms with van der Waals surface area (Å²) in [7, 11) is 3.17. The third-order valence-electron chi connectivity index (χ3n) is 2.92. The summed E-state index contributed by atoms with van der Waals surface area (Å²) in [6, 6.07) is 10.4. The van der Waals surface area contributed by atoms with Crippen LogP contribution in [0.5, 0.6) is 5.75 Å². The van der Waals surface area contributed by atoms with Crippen molar-refractivity contribution in [2.24, 2.45) is 0 Å². The molecule has 0 spiro atoms. The van der Waals surface area contributed by atoms with Gasteiger partial charge in [-0.15, -0.1) is 0 Å². The Morgan fingerprint density at radius 2 is 2.00 bits per heavy atom. The number of nitrogens with zero attached hydrogens (tertiary/aromatic N) is 3. The fourth-order valence-corrected chi connectivity index (χ4v) is 1.78. The Kier molecular flexibility index (Phi) is 3.96. The third-order valence-corrected chi connectivity index (χ3v) is 2.92. The summed E-state index contributed by atoms with van der Waals surface area (Å²) in [5.41, 5.74) is 1.69. The highest BCUT2D eigenvalue weighted by Gasteiger charge is 2.17. The first-order valence-electron chi connectivity index (χ1n) is 5.93. The number of amides is 1. The molecule has 1 amide bonds. The normalized spacial score (nSPS) is 9.65. The average Bonchev–Trinajstić information content (AvgIpc) is 2.53. The van der Waals surface area contributed by atoms with Crippen LogP contribution < -0.4 is 9.64 Å². The lowest BCUT2D eigenvalue weighted by molar-refractivity contribution is 0.0990. The molecule has 0 bridgehead atoms. The van der Waals surface area contributed by atoms with Gasteiger partial charge in [-0.2, -0.15) is 5.26 Å². The molecule has 0 aliphatic carbocycles. The van der Waals surface area contributed by atoms with Gasteiger partial charge in [-0.1, -0.05) is 0 Å². The zero-order chi connectivity index (χ0) is 14.5. The number of ether oxygens (including phenoxy) is 1. The largest absolute Gasteiger partial charge is 0.494 e. The number of methoxy groups -OCH3 is 1. The molecule has 0 N–H and O–H groups in total. The monoisotopic (exact) mass is 267 g/mol. The van der Waals surface area contributed by atoms with Crippen LogP contribution >= 0.6 is 0 Å². The molecule has 2 rings (SSSR count). The summed E-state index contributed by atoms with van der Waals surface area (Å²) in [5, 5.41) is 8.77. The molecule has 0 unspecified atom stereocenters. The number of rotatable bonds is 3. The summed E-state index contributed by atoms with van der Waals surface area (Å²) in [6.07, 6.45) is 3.04. The Bertz CT molecular complexity index is 660. The van der Waals surface area contributed by atoms with E-state index in [2.05, 4.69) is 4.98 Å². The number of nitriles is 1. The van der Waals surface area contributed by atoms with Crippen LogP contribution in [0, 0.1) is 11.3 Å². The fourth-order valence-electron chi connectivity index (χ4n) is 1.78. The van der Waals surface area contributed by atoms with Crippen LogP contribution in [0.1, 0.15) is 15.9 Å². The maximum absolute atomic E-state index is 12.4. The van der Waals surface area contributed by atoms with Crippen molar-refractivity contribution in [3.63, 3.8) is 0 Å². The summed E-state index contributed by atoms with van der Waals surface area (Å²) >= 11 is 0. The van der Waals surface area contributed by atoms with Crippen LogP contribution in [0.4, 0.5) is 5.69 Å². The summed E-state index contributed by atoms with van der Waals surface area (Å²) in [4.78, 5) is 17.9. The molecule has 20 heavy (non-hydrogen) atoms. The first kappa shape index (κ1) is 13.6. The predicted molar refractivity (Wildman–Crippen MR) is 74.7 cm³/mol. The molecule has 0 aliphatic heterocycles. The standard InChI is InChI=1S/C15H13N3O2/c1-18(12-5-3-11(9-16)4-6-12)15(19)13-7-8-17-10-14(13)20-2/h3-8,10H,1-2H3. The van der Waals surface area contributed by atoms with Crippen LogP contribution in [-0.4, -0.2) is 25.0 Å². The molecule has 5 nitrogen and oxygen atoms in total. The number of carbonyl (C=O) groups is 1. The molecule has 1 heterocycles. The van der Waals surface area contributed by atoms with E-state index in [-0.39, 0.29) is 5.91 Å². The van der Waals surface area contributed by atoms with Crippen molar-refractivity contribution in [3.8, 4) is 11.8 Å². The molecule has 0 saturated carbocycles. The van der Waals surface area contributed by atoms with Gasteiger partial charge in [0.15, 0.2) is 0 Å². The zero-order valence-electron chi connectivity index (χ0n) is 11.2. The van der Waals surface area contributed by atoms with E-state index < -0.39 is 0 Å². The maximum atomic E-state index is 12.4. The van der Waals surface area contributed by atoms with Crippen molar-refractivity contribution >= 4 is 11.6 Å². The van der Waals surface area contributed by atoms with E-state index >= 15 is 0 Å². The Hall–Kier alpha value is -2.87. The minimum Gasteiger partial charge on any atom is -0.494 e. The van der Waals surface area contributed by atoms with Crippen LogP contribution in [0.3, 0.4) is 0 Å². The first-order valence-corrected chi connectivity index (χ1v) is 5.93. The van der Waals surface area contributed by atoms with E-state index in [1.165, 1.54) is 18.2 Å². The van der Waals surface area contributed by atoms with Gasteiger partial charge >= 0.3 is 0 Å². The number of pyridine rings is 1. The number of benzene rings is 1. The fraction of sp³-hybridized carbons (Fsp3) is 0.133. The summed E-state index contributed by atoms with van der Waals surface area (Å²) < 4.78 is 5.14. The first-order chi connectivity index (χ1) is 9.67. The van der Waals surface area contributed by atoms with Gasteiger partial charge in [0, 0.05) is 18.9 Å². The molecule has 0 atom stereocenters. The molecule has 5 heteroatoms. The van der Waals surface area contributed by atoms with E-state index in [9.17, 15) is 4.79 Å². The molecule has 0 aliphatic rings. The Labute approximate surface area is 117 Å². The number of hydrogen-bond acceptors (Lipinski definition) is 4. The molecule has 0 fully saturated rings. The van der Waals surface area contributed by atoms with Crippen molar-refractivity contribution in [2.45, 2.75) is 0 Å². The molecule has 100 valence electrons. The van der Waals surface area contributed by atoms with Crippen molar-refractivity contribution in [3.05, 3.63) is 53.9 Å². The number of aromatic nitrogens is 1. The SMILES string of the molecule is COc1cnccc1C(=O)N(C)c1ccc(C#N)cc1. The second-order valence-electron chi connectivity index (χ2n) is 4.10. The van der Waals surface area contributed by atoms with Gasteiger partial charge < -0.3 is 9.64 Å². The maximum Gasteiger partial charge on any atom is 0.261 e. The van der Waals surface area contributed by atoms with Gasteiger partial charge in [-0.25, -0.2) is 0 Å². The van der Waals surface area contributed by atoms with E-state index in [4.69, 9.17) is 10.00 Å². The number of anilines is 1. The second kappa shape index (κ2) is 5.85. The summed E-state index contributed by atoms with van der Waals surface area (Å²) in [5.74, 6) is 0.229.